The first-order valence-corrected chi connectivity index (χ1v) is 8.42. The first kappa shape index (κ1) is 15.9. The lowest BCUT2D eigenvalue weighted by atomic mass is 10.1. The summed E-state index contributed by atoms with van der Waals surface area (Å²) in [6.45, 7) is 0. The second-order valence-corrected chi connectivity index (χ2v) is 6.29. The number of fused-ring (bicyclic) bond motifs is 1. The number of hydrogen-bond acceptors (Lipinski definition) is 3. The van der Waals surface area contributed by atoms with E-state index in [0.717, 1.165) is 22.0 Å². The summed E-state index contributed by atoms with van der Waals surface area (Å²) in [4.78, 5) is 0. The van der Waals surface area contributed by atoms with Crippen LogP contribution >= 0.6 is 23.2 Å². The van der Waals surface area contributed by atoms with Crippen LogP contribution in [0.4, 0.5) is 0 Å². The van der Waals surface area contributed by atoms with Crippen molar-refractivity contribution in [1.82, 2.24) is 10.2 Å². The fourth-order valence-electron chi connectivity index (χ4n) is 2.63. The molecule has 0 spiro atoms. The molecule has 4 aromatic rings. The van der Waals surface area contributed by atoms with Gasteiger partial charge in [-0.1, -0.05) is 71.7 Å². The van der Waals surface area contributed by atoms with E-state index in [2.05, 4.69) is 10.2 Å². The molecule has 0 aliphatic heterocycles. The van der Waals surface area contributed by atoms with Crippen molar-refractivity contribution in [2.45, 2.75) is 0 Å². The van der Waals surface area contributed by atoms with Crippen molar-refractivity contribution in [3.05, 3.63) is 82.8 Å². The van der Waals surface area contributed by atoms with Gasteiger partial charge in [0.1, 0.15) is 11.4 Å². The van der Waals surface area contributed by atoms with Crippen molar-refractivity contribution in [1.29, 1.82) is 0 Å². The van der Waals surface area contributed by atoms with Gasteiger partial charge >= 0.3 is 0 Å². The van der Waals surface area contributed by atoms with Crippen molar-refractivity contribution in [2.75, 3.05) is 0 Å². The Morgan fingerprint density at radius 3 is 2.20 bits per heavy atom. The second-order valence-electron chi connectivity index (χ2n) is 5.44. The molecule has 5 heteroatoms. The zero-order valence-corrected chi connectivity index (χ0v) is 14.5. The Morgan fingerprint density at radius 1 is 0.720 bits per heavy atom. The summed E-state index contributed by atoms with van der Waals surface area (Å²) < 4.78 is 5.90. The summed E-state index contributed by atoms with van der Waals surface area (Å²) in [5.41, 5.74) is 1.81. The van der Waals surface area contributed by atoms with E-state index >= 15 is 0 Å². The summed E-state index contributed by atoms with van der Waals surface area (Å²) in [5.74, 6) is 0.887. The topological polar surface area (TPSA) is 35.0 Å². The van der Waals surface area contributed by atoms with Crippen LogP contribution < -0.4 is 4.74 Å². The third-order valence-electron chi connectivity index (χ3n) is 3.80. The summed E-state index contributed by atoms with van der Waals surface area (Å²) in [6, 6.07) is 22.9. The molecule has 1 heterocycles. The average Bonchev–Trinajstić information content (AvgIpc) is 2.65. The van der Waals surface area contributed by atoms with Gasteiger partial charge in [0.25, 0.3) is 0 Å². The molecule has 3 nitrogen and oxygen atoms in total. The smallest absolute Gasteiger partial charge is 0.246 e. The highest BCUT2D eigenvalue weighted by atomic mass is 35.5. The summed E-state index contributed by atoms with van der Waals surface area (Å²) in [7, 11) is 0. The first-order valence-electron chi connectivity index (χ1n) is 7.66. The molecule has 0 radical (unpaired) electrons. The van der Waals surface area contributed by atoms with Gasteiger partial charge in [-0.3, -0.25) is 0 Å². The number of rotatable bonds is 3. The van der Waals surface area contributed by atoms with Crippen LogP contribution in [-0.4, -0.2) is 10.2 Å². The summed E-state index contributed by atoms with van der Waals surface area (Å²) in [5, 5.41) is 11.5. The molecule has 4 rings (SSSR count). The zero-order valence-electron chi connectivity index (χ0n) is 13.0. The Labute approximate surface area is 154 Å². The fraction of sp³-hybridized carbons (Fsp3) is 0. The normalized spacial score (nSPS) is 10.8. The van der Waals surface area contributed by atoms with Crippen molar-refractivity contribution in [2.24, 2.45) is 0 Å². The quantitative estimate of drug-likeness (QED) is 0.420. The molecule has 0 amide bonds. The molecule has 0 aliphatic carbocycles. The Kier molecular flexibility index (Phi) is 4.26. The molecule has 0 unspecified atom stereocenters. The maximum atomic E-state index is 6.20. The Bertz CT molecular complexity index is 1050. The van der Waals surface area contributed by atoms with Crippen LogP contribution in [0.1, 0.15) is 0 Å². The molecule has 1 aromatic heterocycles. The molecule has 0 N–H and O–H groups in total. The van der Waals surface area contributed by atoms with Crippen LogP contribution in [-0.2, 0) is 0 Å². The van der Waals surface area contributed by atoms with E-state index in [1.807, 2.05) is 54.6 Å². The molecule has 122 valence electrons. The number of hydrogen-bond donors (Lipinski definition) is 0. The highest BCUT2D eigenvalue weighted by Crippen LogP contribution is 2.35. The van der Waals surface area contributed by atoms with Crippen LogP contribution in [0.5, 0.6) is 11.6 Å². The molecule has 0 aliphatic rings. The van der Waals surface area contributed by atoms with Crippen molar-refractivity contribution < 1.29 is 4.74 Å². The van der Waals surface area contributed by atoms with Gasteiger partial charge in [0.15, 0.2) is 0 Å². The van der Waals surface area contributed by atoms with Gasteiger partial charge in [0.05, 0.1) is 5.02 Å². The van der Waals surface area contributed by atoms with Crippen molar-refractivity contribution >= 4 is 34.0 Å². The van der Waals surface area contributed by atoms with E-state index in [-0.39, 0.29) is 0 Å². The standard InChI is InChI=1S/C20H12Cl2N2O/c21-14-10-11-18(17(22)12-14)25-20-16-9-5-4-8-15(16)19(23-24-20)13-6-2-1-3-7-13/h1-12H. The molecule has 3 aromatic carbocycles. The molecule has 0 saturated carbocycles. The summed E-state index contributed by atoms with van der Waals surface area (Å²) >= 11 is 12.1. The highest BCUT2D eigenvalue weighted by Gasteiger charge is 2.13. The summed E-state index contributed by atoms with van der Waals surface area (Å²) in [6.07, 6.45) is 0. The van der Waals surface area contributed by atoms with E-state index < -0.39 is 0 Å². The van der Waals surface area contributed by atoms with Gasteiger partial charge < -0.3 is 4.74 Å². The minimum atomic E-state index is 0.402. The van der Waals surface area contributed by atoms with Gasteiger partial charge in [-0.25, -0.2) is 0 Å². The van der Waals surface area contributed by atoms with Crippen LogP contribution in [0.2, 0.25) is 10.0 Å². The predicted molar refractivity (Wildman–Crippen MR) is 102 cm³/mol. The van der Waals surface area contributed by atoms with Crippen LogP contribution in [0.3, 0.4) is 0 Å². The number of aromatic nitrogens is 2. The van der Waals surface area contributed by atoms with E-state index in [1.165, 1.54) is 0 Å². The van der Waals surface area contributed by atoms with E-state index in [0.29, 0.717) is 21.7 Å². The Hall–Kier alpha value is -2.62. The lowest BCUT2D eigenvalue weighted by molar-refractivity contribution is 0.462. The number of halogens is 2. The van der Waals surface area contributed by atoms with Crippen molar-refractivity contribution in [3.63, 3.8) is 0 Å². The Balaban J connectivity index is 1.84. The molecule has 0 atom stereocenters. The SMILES string of the molecule is Clc1ccc(Oc2nnc(-c3ccccc3)c3ccccc23)c(Cl)c1. The maximum absolute atomic E-state index is 6.20. The third kappa shape index (κ3) is 3.16. The van der Waals surface area contributed by atoms with E-state index in [1.54, 1.807) is 18.2 Å². The molecule has 25 heavy (non-hydrogen) atoms. The van der Waals surface area contributed by atoms with Crippen LogP contribution in [0.25, 0.3) is 22.0 Å². The Morgan fingerprint density at radius 2 is 1.44 bits per heavy atom. The van der Waals surface area contributed by atoms with Gasteiger partial charge in [-0.15, -0.1) is 10.2 Å². The van der Waals surface area contributed by atoms with Gasteiger partial charge in [-0.2, -0.15) is 0 Å². The minimum Gasteiger partial charge on any atom is -0.435 e. The number of benzene rings is 3. The lowest BCUT2D eigenvalue weighted by Gasteiger charge is -2.11. The largest absolute Gasteiger partial charge is 0.435 e. The molecule has 0 saturated heterocycles. The second kappa shape index (κ2) is 6.71. The fourth-order valence-corrected chi connectivity index (χ4v) is 3.07. The average molecular weight is 367 g/mol. The van der Waals surface area contributed by atoms with Crippen molar-refractivity contribution in [3.8, 4) is 22.9 Å². The number of nitrogens with zero attached hydrogens (tertiary/aromatic N) is 2. The first-order chi connectivity index (χ1) is 12.2. The van der Waals surface area contributed by atoms with Gasteiger partial charge in [0, 0.05) is 21.4 Å². The highest BCUT2D eigenvalue weighted by molar-refractivity contribution is 6.35. The van der Waals surface area contributed by atoms with E-state index in [4.69, 9.17) is 27.9 Å². The van der Waals surface area contributed by atoms with E-state index in [9.17, 15) is 0 Å². The molecule has 0 fully saturated rings. The zero-order chi connectivity index (χ0) is 17.2. The maximum Gasteiger partial charge on any atom is 0.246 e. The molecular formula is C20H12Cl2N2O. The molecule has 0 bridgehead atoms. The monoisotopic (exact) mass is 366 g/mol. The lowest BCUT2D eigenvalue weighted by Crippen LogP contribution is -1.96. The van der Waals surface area contributed by atoms with Crippen LogP contribution in [0, 0.1) is 0 Å². The van der Waals surface area contributed by atoms with Crippen LogP contribution in [0.15, 0.2) is 72.8 Å². The third-order valence-corrected chi connectivity index (χ3v) is 4.33. The number of ether oxygens (including phenoxy) is 1. The molecular weight excluding hydrogens is 355 g/mol. The van der Waals surface area contributed by atoms with Gasteiger partial charge in [0.2, 0.25) is 5.88 Å². The van der Waals surface area contributed by atoms with Gasteiger partial charge in [-0.05, 0) is 24.3 Å². The minimum absolute atomic E-state index is 0.402. The predicted octanol–water partition coefficient (Wildman–Crippen LogP) is 6.40.